The van der Waals surface area contributed by atoms with E-state index < -0.39 is 27.1 Å². The molecule has 0 spiro atoms. The van der Waals surface area contributed by atoms with Crippen LogP contribution in [-0.4, -0.2) is 35.6 Å². The number of sulfonamides is 1. The number of benzene rings is 1. The van der Waals surface area contributed by atoms with Gasteiger partial charge in [0.05, 0.1) is 5.60 Å². The Hall–Kier alpha value is -2.45. The molecule has 8 heteroatoms. The van der Waals surface area contributed by atoms with Gasteiger partial charge in [0, 0.05) is 24.5 Å². The van der Waals surface area contributed by atoms with Crippen LogP contribution in [0.15, 0.2) is 41.4 Å². The Labute approximate surface area is 207 Å². The molecule has 3 saturated carbocycles. The Balaban J connectivity index is 1.32. The van der Waals surface area contributed by atoms with Gasteiger partial charge in [-0.1, -0.05) is 37.5 Å². The number of hydrogen-bond acceptors (Lipinski definition) is 6. The summed E-state index contributed by atoms with van der Waals surface area (Å²) in [7, 11) is -4.16. The van der Waals surface area contributed by atoms with Crippen molar-refractivity contribution in [2.24, 2.45) is 0 Å². The number of nitrogens with one attached hydrogen (secondary N) is 1. The minimum atomic E-state index is -4.16. The summed E-state index contributed by atoms with van der Waals surface area (Å²) < 4.78 is 34.6. The molecule has 1 aromatic heterocycles. The highest BCUT2D eigenvalue weighted by molar-refractivity contribution is 7.90. The smallest absolute Gasteiger partial charge is 0.281 e. The van der Waals surface area contributed by atoms with Crippen molar-refractivity contribution in [3.63, 3.8) is 0 Å². The van der Waals surface area contributed by atoms with Crippen molar-refractivity contribution >= 4 is 15.9 Å². The lowest BCUT2D eigenvalue weighted by molar-refractivity contribution is -0.128. The molecule has 0 saturated heterocycles. The number of aryl methyl sites for hydroxylation is 1. The Morgan fingerprint density at radius 1 is 1.09 bits per heavy atom. The third-order valence-corrected chi connectivity index (χ3v) is 8.91. The summed E-state index contributed by atoms with van der Waals surface area (Å²) in [6, 6.07) is 10.9. The van der Waals surface area contributed by atoms with E-state index in [0.717, 1.165) is 24.0 Å². The molecule has 1 amide bonds. The first-order chi connectivity index (χ1) is 16.6. The molecule has 3 fully saturated rings. The summed E-state index contributed by atoms with van der Waals surface area (Å²) in [5.41, 5.74) is 0.856. The predicted octanol–water partition coefficient (Wildman–Crippen LogP) is 4.48. The van der Waals surface area contributed by atoms with Crippen molar-refractivity contribution in [2.75, 3.05) is 0 Å². The summed E-state index contributed by atoms with van der Waals surface area (Å²) in [6.45, 7) is 3.75. The first-order valence-electron chi connectivity index (χ1n) is 12.6. The number of rotatable bonds is 7. The molecule has 0 aliphatic heterocycles. The second-order valence-electron chi connectivity index (χ2n) is 10.9. The zero-order chi connectivity index (χ0) is 24.8. The van der Waals surface area contributed by atoms with Crippen LogP contribution >= 0.6 is 0 Å². The van der Waals surface area contributed by atoms with Crippen LogP contribution in [0.25, 0.3) is 0 Å². The number of carbonyl (C=O) groups excluding carboxylic acids is 1. The third-order valence-electron chi connectivity index (χ3n) is 7.68. The molecular weight excluding hydrogens is 464 g/mol. The Kier molecular flexibility index (Phi) is 6.16. The quantitative estimate of drug-likeness (QED) is 0.583. The molecule has 1 heterocycles. The van der Waals surface area contributed by atoms with Crippen LogP contribution in [0.5, 0.6) is 5.75 Å². The van der Waals surface area contributed by atoms with E-state index in [-0.39, 0.29) is 10.9 Å². The van der Waals surface area contributed by atoms with Gasteiger partial charge in [-0.15, -0.1) is 0 Å². The maximum Gasteiger partial charge on any atom is 0.281 e. The summed E-state index contributed by atoms with van der Waals surface area (Å²) in [5.74, 6) is 0.459. The van der Waals surface area contributed by atoms with Crippen molar-refractivity contribution in [1.29, 1.82) is 0 Å². The van der Waals surface area contributed by atoms with Crippen molar-refractivity contribution in [3.8, 4) is 5.75 Å². The van der Waals surface area contributed by atoms with Gasteiger partial charge in [-0.3, -0.25) is 4.79 Å². The van der Waals surface area contributed by atoms with Crippen LogP contribution in [0.1, 0.15) is 93.4 Å². The average Bonchev–Trinajstić information content (AvgIpc) is 3.59. The normalized spacial score (nSPS) is 26.0. The van der Waals surface area contributed by atoms with E-state index in [4.69, 9.17) is 4.74 Å². The standard InChI is InChI=1S/C27H34N2O5S/c1-18-11-12-21(19-7-4-3-5-8-19)23(15-18)34-27(13-14-27)25(30)29-35(32,33)24-10-6-9-22(28-24)20-16-26(2,31)17-20/h6,9-12,15,19-20,31H,3-5,7-8,13-14,16-17H2,1-2H3,(H,29,30). The Morgan fingerprint density at radius 3 is 2.46 bits per heavy atom. The zero-order valence-corrected chi connectivity index (χ0v) is 21.2. The number of nitrogens with zero attached hydrogens (tertiary/aromatic N) is 1. The summed E-state index contributed by atoms with van der Waals surface area (Å²) >= 11 is 0. The molecule has 0 atom stereocenters. The number of ether oxygens (including phenoxy) is 1. The fourth-order valence-corrected chi connectivity index (χ4v) is 6.48. The molecule has 7 nitrogen and oxygen atoms in total. The van der Waals surface area contributed by atoms with Crippen LogP contribution in [-0.2, 0) is 14.8 Å². The lowest BCUT2D eigenvalue weighted by Gasteiger charge is -2.40. The summed E-state index contributed by atoms with van der Waals surface area (Å²) in [4.78, 5) is 17.5. The minimum Gasteiger partial charge on any atom is -0.477 e. The number of hydrogen-bond donors (Lipinski definition) is 2. The molecule has 0 radical (unpaired) electrons. The van der Waals surface area contributed by atoms with Crippen LogP contribution in [0.3, 0.4) is 0 Å². The fraction of sp³-hybridized carbons (Fsp3) is 0.556. The highest BCUT2D eigenvalue weighted by atomic mass is 32.2. The van der Waals surface area contributed by atoms with Crippen LogP contribution in [0.4, 0.5) is 0 Å². The van der Waals surface area contributed by atoms with Crippen molar-refractivity contribution in [3.05, 3.63) is 53.2 Å². The molecule has 5 rings (SSSR count). The predicted molar refractivity (Wildman–Crippen MR) is 132 cm³/mol. The molecule has 3 aliphatic rings. The van der Waals surface area contributed by atoms with Crippen LogP contribution in [0, 0.1) is 6.92 Å². The van der Waals surface area contributed by atoms with E-state index in [0.29, 0.717) is 43.0 Å². The van der Waals surface area contributed by atoms with Crippen molar-refractivity contribution < 1.29 is 23.1 Å². The van der Waals surface area contributed by atoms with E-state index in [9.17, 15) is 18.3 Å². The topological polar surface area (TPSA) is 106 Å². The van der Waals surface area contributed by atoms with Crippen molar-refractivity contribution in [1.82, 2.24) is 9.71 Å². The highest BCUT2D eigenvalue weighted by Gasteiger charge is 2.54. The van der Waals surface area contributed by atoms with Gasteiger partial charge >= 0.3 is 0 Å². The van der Waals surface area contributed by atoms with Crippen LogP contribution in [0.2, 0.25) is 0 Å². The van der Waals surface area contributed by atoms with Gasteiger partial charge in [-0.2, -0.15) is 8.42 Å². The third kappa shape index (κ3) is 5.09. The van der Waals surface area contributed by atoms with E-state index in [1.165, 1.54) is 25.3 Å². The first-order valence-corrected chi connectivity index (χ1v) is 14.1. The van der Waals surface area contributed by atoms with Gasteiger partial charge in [0.1, 0.15) is 5.75 Å². The number of amides is 1. The van der Waals surface area contributed by atoms with Crippen molar-refractivity contribution in [2.45, 2.75) is 99.7 Å². The van der Waals surface area contributed by atoms with Gasteiger partial charge < -0.3 is 9.84 Å². The molecule has 0 unspecified atom stereocenters. The molecule has 2 aromatic rings. The largest absolute Gasteiger partial charge is 0.477 e. The molecule has 1 aromatic carbocycles. The van der Waals surface area contributed by atoms with Gasteiger partial charge in [-0.25, -0.2) is 9.71 Å². The molecule has 2 N–H and O–H groups in total. The van der Waals surface area contributed by atoms with E-state index in [2.05, 4.69) is 21.8 Å². The molecule has 188 valence electrons. The molecule has 0 bridgehead atoms. The first kappa shape index (κ1) is 24.3. The molecule has 3 aliphatic carbocycles. The van der Waals surface area contributed by atoms with Gasteiger partial charge in [0.15, 0.2) is 10.6 Å². The number of aromatic nitrogens is 1. The number of carbonyl (C=O) groups is 1. The second-order valence-corrected chi connectivity index (χ2v) is 12.5. The summed E-state index contributed by atoms with van der Waals surface area (Å²) in [5, 5.41) is 9.82. The van der Waals surface area contributed by atoms with Crippen LogP contribution < -0.4 is 9.46 Å². The molecular formula is C27H34N2O5S. The number of aliphatic hydroxyl groups is 1. The van der Waals surface area contributed by atoms with Gasteiger partial charge in [0.25, 0.3) is 15.9 Å². The van der Waals surface area contributed by atoms with Gasteiger partial charge in [-0.05, 0) is 74.8 Å². The maximum absolute atomic E-state index is 13.2. The Bertz CT molecular complexity index is 1220. The second kappa shape index (κ2) is 8.89. The van der Waals surface area contributed by atoms with E-state index in [1.807, 2.05) is 13.0 Å². The highest BCUT2D eigenvalue weighted by Crippen LogP contribution is 2.46. The maximum atomic E-state index is 13.2. The summed E-state index contributed by atoms with van der Waals surface area (Å²) in [6.07, 6.45) is 7.83. The zero-order valence-electron chi connectivity index (χ0n) is 20.4. The average molecular weight is 499 g/mol. The SMILES string of the molecule is Cc1ccc(C2CCCCC2)c(OC2(C(=O)NS(=O)(=O)c3cccc(C4CC(C)(O)C4)n3)CC2)c1. The minimum absolute atomic E-state index is 0.00786. The lowest BCUT2D eigenvalue weighted by atomic mass is 9.70. The fourth-order valence-electron chi connectivity index (χ4n) is 5.47. The van der Waals surface area contributed by atoms with Gasteiger partial charge in [0.2, 0.25) is 0 Å². The van der Waals surface area contributed by atoms with E-state index in [1.54, 1.807) is 19.1 Å². The Morgan fingerprint density at radius 2 is 1.80 bits per heavy atom. The van der Waals surface area contributed by atoms with E-state index >= 15 is 0 Å². The number of pyridine rings is 1. The molecule has 35 heavy (non-hydrogen) atoms. The lowest BCUT2D eigenvalue weighted by Crippen LogP contribution is -2.44. The monoisotopic (exact) mass is 498 g/mol.